The highest BCUT2D eigenvalue weighted by atomic mass is 14.1. The van der Waals surface area contributed by atoms with Crippen molar-refractivity contribution >= 4 is 36.5 Å². The summed E-state index contributed by atoms with van der Waals surface area (Å²) in [5, 5.41) is 0. The molecule has 48 heavy (non-hydrogen) atoms. The Morgan fingerprint density at radius 3 is 0.625 bits per heavy atom. The standard InChI is InChI=1S/C48H36/c1-4-10-37(11-5-1)16-19-40-22-28-43(29-23-40)46-34-47(44-30-24-41(25-31-44)20-17-38-12-6-2-7-13-38)36-48(35-46)45-32-26-42(27-33-45)21-18-39-14-8-3-9-15-39/h1-36H/b19-16+,20-17+,21-18+. The van der Waals surface area contributed by atoms with E-state index in [1.54, 1.807) is 0 Å². The topological polar surface area (TPSA) is 0 Å². The second-order valence-corrected chi connectivity index (χ2v) is 11.9. The minimum atomic E-state index is 1.18. The molecule has 0 N–H and O–H groups in total. The summed E-state index contributed by atoms with van der Waals surface area (Å²) in [4.78, 5) is 0. The Morgan fingerprint density at radius 1 is 0.188 bits per heavy atom. The van der Waals surface area contributed by atoms with Gasteiger partial charge in [0.15, 0.2) is 0 Å². The molecule has 0 saturated carbocycles. The molecule has 0 fully saturated rings. The maximum atomic E-state index is 2.31. The molecule has 0 nitrogen and oxygen atoms in total. The second kappa shape index (κ2) is 14.9. The number of hydrogen-bond donors (Lipinski definition) is 0. The van der Waals surface area contributed by atoms with Crippen LogP contribution in [0.4, 0.5) is 0 Å². The van der Waals surface area contributed by atoms with Crippen LogP contribution in [0.5, 0.6) is 0 Å². The van der Waals surface area contributed by atoms with Gasteiger partial charge < -0.3 is 0 Å². The Hall–Kier alpha value is -6.24. The molecule has 7 aromatic carbocycles. The van der Waals surface area contributed by atoms with Crippen LogP contribution in [-0.2, 0) is 0 Å². The predicted molar refractivity (Wildman–Crippen MR) is 209 cm³/mol. The van der Waals surface area contributed by atoms with Gasteiger partial charge in [-0.25, -0.2) is 0 Å². The monoisotopic (exact) mass is 612 g/mol. The summed E-state index contributed by atoms with van der Waals surface area (Å²) in [6.07, 6.45) is 13.0. The number of hydrogen-bond acceptors (Lipinski definition) is 0. The highest BCUT2D eigenvalue weighted by Crippen LogP contribution is 2.34. The van der Waals surface area contributed by atoms with E-state index in [1.807, 2.05) is 18.2 Å². The summed E-state index contributed by atoms with van der Waals surface area (Å²) in [6, 6.07) is 64.7. The molecular weight excluding hydrogens is 577 g/mol. The molecule has 0 heterocycles. The van der Waals surface area contributed by atoms with E-state index in [1.165, 1.54) is 66.8 Å². The Bertz CT molecular complexity index is 1880. The zero-order chi connectivity index (χ0) is 32.4. The van der Waals surface area contributed by atoms with Crippen molar-refractivity contribution in [3.8, 4) is 33.4 Å². The third-order valence-electron chi connectivity index (χ3n) is 8.47. The van der Waals surface area contributed by atoms with Crippen molar-refractivity contribution in [2.45, 2.75) is 0 Å². The average molecular weight is 613 g/mol. The molecule has 0 heteroatoms. The lowest BCUT2D eigenvalue weighted by molar-refractivity contribution is 1.55. The average Bonchev–Trinajstić information content (AvgIpc) is 3.17. The highest BCUT2D eigenvalue weighted by molar-refractivity contribution is 5.83. The molecule has 0 aliphatic rings. The first-order valence-corrected chi connectivity index (χ1v) is 16.4. The SMILES string of the molecule is C(=C\c1ccc(-c2cc(-c3ccc(/C=C/c4ccccc4)cc3)cc(-c3ccc(/C=C/c4ccccc4)cc3)c2)cc1)/c1ccccc1. The van der Waals surface area contributed by atoms with Crippen LogP contribution in [0.2, 0.25) is 0 Å². The normalized spacial score (nSPS) is 11.5. The molecule has 0 spiro atoms. The van der Waals surface area contributed by atoms with Crippen molar-refractivity contribution < 1.29 is 0 Å². The molecule has 0 aromatic heterocycles. The van der Waals surface area contributed by atoms with E-state index in [0.29, 0.717) is 0 Å². The van der Waals surface area contributed by atoms with Crippen LogP contribution >= 0.6 is 0 Å². The highest BCUT2D eigenvalue weighted by Gasteiger charge is 2.08. The van der Waals surface area contributed by atoms with Crippen molar-refractivity contribution in [3.05, 3.63) is 215 Å². The van der Waals surface area contributed by atoms with Gasteiger partial charge in [-0.3, -0.25) is 0 Å². The van der Waals surface area contributed by atoms with Gasteiger partial charge in [0.25, 0.3) is 0 Å². The third kappa shape index (κ3) is 7.94. The van der Waals surface area contributed by atoms with Crippen molar-refractivity contribution in [2.24, 2.45) is 0 Å². The van der Waals surface area contributed by atoms with Gasteiger partial charge in [0.1, 0.15) is 0 Å². The van der Waals surface area contributed by atoms with E-state index in [4.69, 9.17) is 0 Å². The van der Waals surface area contributed by atoms with Gasteiger partial charge in [0.2, 0.25) is 0 Å². The molecule has 7 aromatic rings. The van der Waals surface area contributed by atoms with Gasteiger partial charge in [-0.05, 0) is 85.0 Å². The number of benzene rings is 7. The van der Waals surface area contributed by atoms with Crippen LogP contribution in [-0.4, -0.2) is 0 Å². The van der Waals surface area contributed by atoms with Crippen LogP contribution in [0, 0.1) is 0 Å². The summed E-state index contributed by atoms with van der Waals surface area (Å²) in [7, 11) is 0. The molecule has 0 atom stereocenters. The molecule has 0 radical (unpaired) electrons. The molecule has 0 saturated heterocycles. The van der Waals surface area contributed by atoms with E-state index in [2.05, 4.69) is 200 Å². The minimum Gasteiger partial charge on any atom is -0.0622 e. The van der Waals surface area contributed by atoms with Gasteiger partial charge in [0, 0.05) is 0 Å². The van der Waals surface area contributed by atoms with E-state index >= 15 is 0 Å². The first-order chi connectivity index (χ1) is 23.7. The Balaban J connectivity index is 1.19. The fourth-order valence-electron chi connectivity index (χ4n) is 5.76. The van der Waals surface area contributed by atoms with Crippen LogP contribution in [0.15, 0.2) is 182 Å². The first kappa shape index (κ1) is 30.4. The zero-order valence-electron chi connectivity index (χ0n) is 26.8. The predicted octanol–water partition coefficient (Wildman–Crippen LogP) is 13.2. The van der Waals surface area contributed by atoms with Crippen molar-refractivity contribution in [3.63, 3.8) is 0 Å². The lowest BCUT2D eigenvalue weighted by Gasteiger charge is -2.12. The van der Waals surface area contributed by atoms with Crippen molar-refractivity contribution in [2.75, 3.05) is 0 Å². The van der Waals surface area contributed by atoms with Crippen LogP contribution in [0.25, 0.3) is 69.8 Å². The van der Waals surface area contributed by atoms with Crippen LogP contribution in [0.3, 0.4) is 0 Å². The molecule has 0 bridgehead atoms. The van der Waals surface area contributed by atoms with Gasteiger partial charge in [-0.1, -0.05) is 200 Å². The maximum absolute atomic E-state index is 2.31. The summed E-state index contributed by atoms with van der Waals surface area (Å²) < 4.78 is 0. The van der Waals surface area contributed by atoms with E-state index in [9.17, 15) is 0 Å². The summed E-state index contributed by atoms with van der Waals surface area (Å²) >= 11 is 0. The van der Waals surface area contributed by atoms with Gasteiger partial charge in [-0.15, -0.1) is 0 Å². The van der Waals surface area contributed by atoms with E-state index < -0.39 is 0 Å². The minimum absolute atomic E-state index is 1.18. The number of rotatable bonds is 9. The largest absolute Gasteiger partial charge is 0.0622 e. The molecule has 0 unspecified atom stereocenters. The fraction of sp³-hybridized carbons (Fsp3) is 0. The van der Waals surface area contributed by atoms with Crippen LogP contribution < -0.4 is 0 Å². The fourth-order valence-corrected chi connectivity index (χ4v) is 5.76. The first-order valence-electron chi connectivity index (χ1n) is 16.4. The Morgan fingerprint density at radius 2 is 0.396 bits per heavy atom. The zero-order valence-corrected chi connectivity index (χ0v) is 26.8. The molecule has 7 rings (SSSR count). The smallest absolute Gasteiger partial charge is 0.0172 e. The summed E-state index contributed by atoms with van der Waals surface area (Å²) in [5.41, 5.74) is 14.3. The molecule has 228 valence electrons. The maximum Gasteiger partial charge on any atom is -0.0172 e. The molecular formula is C48H36. The third-order valence-corrected chi connectivity index (χ3v) is 8.47. The summed E-state index contributed by atoms with van der Waals surface area (Å²) in [6.45, 7) is 0. The van der Waals surface area contributed by atoms with Crippen molar-refractivity contribution in [1.29, 1.82) is 0 Å². The Labute approximate surface area is 284 Å². The Kier molecular flexibility index (Phi) is 9.44. The van der Waals surface area contributed by atoms with Gasteiger partial charge in [-0.2, -0.15) is 0 Å². The van der Waals surface area contributed by atoms with E-state index in [0.717, 1.165) is 0 Å². The van der Waals surface area contributed by atoms with Gasteiger partial charge in [0.05, 0.1) is 0 Å². The lowest BCUT2D eigenvalue weighted by atomic mass is 9.92. The second-order valence-electron chi connectivity index (χ2n) is 11.9. The van der Waals surface area contributed by atoms with E-state index in [-0.39, 0.29) is 0 Å². The summed E-state index contributed by atoms with van der Waals surface area (Å²) in [5.74, 6) is 0. The quantitative estimate of drug-likeness (QED) is 0.142. The molecule has 0 aliphatic carbocycles. The molecule has 0 aliphatic heterocycles. The van der Waals surface area contributed by atoms with Crippen molar-refractivity contribution in [1.82, 2.24) is 0 Å². The van der Waals surface area contributed by atoms with Gasteiger partial charge >= 0.3 is 0 Å². The molecule has 0 amide bonds. The lowest BCUT2D eigenvalue weighted by Crippen LogP contribution is -1.87. The van der Waals surface area contributed by atoms with Crippen LogP contribution in [0.1, 0.15) is 33.4 Å².